The SMILES string of the molecule is COc1cccc(-n2cc(-c3ccc(Cl)cc3)nc2NC(=O)CN(C(=O)C2CC2)C(C)C)c1. The maximum Gasteiger partial charge on any atom is 0.246 e. The third-order valence-electron chi connectivity index (χ3n) is 5.58. The standard InChI is InChI=1S/C25H27ClN4O3/c1-16(2)29(24(32)18-7-8-18)15-23(31)28-25-27-22(17-9-11-19(26)12-10-17)14-30(25)20-5-4-6-21(13-20)33-3/h4-6,9-14,16,18H,7-8,15H2,1-3H3,(H,27,28,31). The van der Waals surface area contributed by atoms with Crippen LogP contribution in [0.5, 0.6) is 5.75 Å². The van der Waals surface area contributed by atoms with Crippen LogP contribution in [0.15, 0.2) is 54.7 Å². The highest BCUT2D eigenvalue weighted by Crippen LogP contribution is 2.32. The zero-order valence-electron chi connectivity index (χ0n) is 18.9. The van der Waals surface area contributed by atoms with Crippen molar-refractivity contribution in [3.63, 3.8) is 0 Å². The van der Waals surface area contributed by atoms with Crippen molar-refractivity contribution in [2.45, 2.75) is 32.7 Å². The summed E-state index contributed by atoms with van der Waals surface area (Å²) < 4.78 is 7.15. The van der Waals surface area contributed by atoms with Crippen LogP contribution < -0.4 is 10.1 Å². The molecule has 3 aromatic rings. The molecule has 2 aromatic carbocycles. The molecule has 172 valence electrons. The van der Waals surface area contributed by atoms with Gasteiger partial charge in [-0.1, -0.05) is 29.8 Å². The number of nitrogens with one attached hydrogen (secondary N) is 1. The number of anilines is 1. The van der Waals surface area contributed by atoms with Crippen molar-refractivity contribution >= 4 is 29.4 Å². The molecule has 1 N–H and O–H groups in total. The third kappa shape index (κ3) is 5.37. The summed E-state index contributed by atoms with van der Waals surface area (Å²) in [5.74, 6) is 0.844. The minimum atomic E-state index is -0.296. The molecular weight excluding hydrogens is 440 g/mol. The van der Waals surface area contributed by atoms with Gasteiger partial charge in [0.15, 0.2) is 0 Å². The smallest absolute Gasteiger partial charge is 0.246 e. The lowest BCUT2D eigenvalue weighted by atomic mass is 10.2. The van der Waals surface area contributed by atoms with Crippen LogP contribution in [-0.2, 0) is 9.59 Å². The zero-order chi connectivity index (χ0) is 23.5. The van der Waals surface area contributed by atoms with Crippen LogP contribution in [0, 0.1) is 5.92 Å². The lowest BCUT2D eigenvalue weighted by molar-refractivity contribution is -0.137. The molecule has 0 aliphatic heterocycles. The molecule has 0 spiro atoms. The van der Waals surface area contributed by atoms with Crippen LogP contribution >= 0.6 is 11.6 Å². The summed E-state index contributed by atoms with van der Waals surface area (Å²) in [5, 5.41) is 3.53. The molecule has 7 nitrogen and oxygen atoms in total. The second-order valence-electron chi connectivity index (χ2n) is 8.41. The zero-order valence-corrected chi connectivity index (χ0v) is 19.7. The van der Waals surface area contributed by atoms with Gasteiger partial charge in [0.2, 0.25) is 17.8 Å². The highest BCUT2D eigenvalue weighted by Gasteiger charge is 2.35. The molecule has 1 aliphatic carbocycles. The summed E-state index contributed by atoms with van der Waals surface area (Å²) in [6.07, 6.45) is 3.64. The Morgan fingerprint density at radius 2 is 1.94 bits per heavy atom. The van der Waals surface area contributed by atoms with Gasteiger partial charge in [-0.25, -0.2) is 4.98 Å². The fourth-order valence-electron chi connectivity index (χ4n) is 3.58. The second-order valence-corrected chi connectivity index (χ2v) is 8.85. The number of imidazole rings is 1. The number of hydrogen-bond acceptors (Lipinski definition) is 4. The molecule has 1 aliphatic rings. The van der Waals surface area contributed by atoms with Gasteiger partial charge in [0.05, 0.1) is 18.5 Å². The largest absolute Gasteiger partial charge is 0.497 e. The topological polar surface area (TPSA) is 76.5 Å². The molecular formula is C25H27ClN4O3. The number of hydrogen-bond donors (Lipinski definition) is 1. The number of aromatic nitrogens is 2. The Labute approximate surface area is 198 Å². The first kappa shape index (κ1) is 22.9. The summed E-state index contributed by atoms with van der Waals surface area (Å²) in [6.45, 7) is 3.82. The van der Waals surface area contributed by atoms with Gasteiger partial charge in [0.1, 0.15) is 12.3 Å². The van der Waals surface area contributed by atoms with Crippen molar-refractivity contribution in [3.8, 4) is 22.7 Å². The number of rotatable bonds is 8. The van der Waals surface area contributed by atoms with Crippen molar-refractivity contribution in [1.82, 2.24) is 14.5 Å². The maximum absolute atomic E-state index is 13.0. The molecule has 0 radical (unpaired) electrons. The van der Waals surface area contributed by atoms with E-state index in [1.54, 1.807) is 28.7 Å². The molecule has 1 saturated carbocycles. The fourth-order valence-corrected chi connectivity index (χ4v) is 3.71. The lowest BCUT2D eigenvalue weighted by Crippen LogP contribution is -2.43. The van der Waals surface area contributed by atoms with Crippen LogP contribution in [0.4, 0.5) is 5.95 Å². The molecule has 0 saturated heterocycles. The van der Waals surface area contributed by atoms with Gasteiger partial charge < -0.3 is 9.64 Å². The molecule has 4 rings (SSSR count). The maximum atomic E-state index is 13.0. The minimum Gasteiger partial charge on any atom is -0.497 e. The summed E-state index contributed by atoms with van der Waals surface area (Å²) >= 11 is 6.03. The highest BCUT2D eigenvalue weighted by molar-refractivity contribution is 6.30. The average molecular weight is 467 g/mol. The van der Waals surface area contributed by atoms with E-state index >= 15 is 0 Å². The van der Waals surface area contributed by atoms with E-state index in [1.165, 1.54) is 0 Å². The predicted octanol–water partition coefficient (Wildman–Crippen LogP) is 4.79. The van der Waals surface area contributed by atoms with Gasteiger partial charge in [0.25, 0.3) is 0 Å². The van der Waals surface area contributed by atoms with Crippen LogP contribution in [0.2, 0.25) is 5.02 Å². The van der Waals surface area contributed by atoms with Gasteiger partial charge >= 0.3 is 0 Å². The molecule has 33 heavy (non-hydrogen) atoms. The number of halogens is 1. The van der Waals surface area contributed by atoms with E-state index in [0.29, 0.717) is 22.4 Å². The van der Waals surface area contributed by atoms with Crippen LogP contribution in [-0.4, -0.2) is 46.0 Å². The first-order valence-electron chi connectivity index (χ1n) is 11.0. The molecule has 2 amide bonds. The van der Waals surface area contributed by atoms with Crippen molar-refractivity contribution in [2.24, 2.45) is 5.92 Å². The van der Waals surface area contributed by atoms with Gasteiger partial charge in [-0.05, 0) is 51.0 Å². The molecule has 0 atom stereocenters. The number of carbonyl (C=O) groups excluding carboxylic acids is 2. The monoisotopic (exact) mass is 466 g/mol. The van der Waals surface area contributed by atoms with Gasteiger partial charge in [0, 0.05) is 34.8 Å². The Morgan fingerprint density at radius 3 is 2.58 bits per heavy atom. The van der Waals surface area contributed by atoms with E-state index in [-0.39, 0.29) is 30.3 Å². The minimum absolute atomic E-state index is 0.0196. The normalized spacial score (nSPS) is 13.1. The predicted molar refractivity (Wildman–Crippen MR) is 129 cm³/mol. The van der Waals surface area contributed by atoms with E-state index in [9.17, 15) is 9.59 Å². The molecule has 1 heterocycles. The first-order chi connectivity index (χ1) is 15.9. The van der Waals surface area contributed by atoms with E-state index in [2.05, 4.69) is 10.3 Å². The van der Waals surface area contributed by atoms with Gasteiger partial charge in [-0.3, -0.25) is 19.5 Å². The second kappa shape index (κ2) is 9.67. The summed E-state index contributed by atoms with van der Waals surface area (Å²) in [4.78, 5) is 31.9. The van der Waals surface area contributed by atoms with Crippen LogP contribution in [0.1, 0.15) is 26.7 Å². The third-order valence-corrected chi connectivity index (χ3v) is 5.83. The Morgan fingerprint density at radius 1 is 1.21 bits per heavy atom. The Balaban J connectivity index is 1.64. The first-order valence-corrected chi connectivity index (χ1v) is 11.3. The summed E-state index contributed by atoms with van der Waals surface area (Å²) in [5.41, 5.74) is 2.33. The number of methoxy groups -OCH3 is 1. The van der Waals surface area contributed by atoms with E-state index in [1.807, 2.05) is 56.4 Å². The lowest BCUT2D eigenvalue weighted by Gasteiger charge is -2.26. The molecule has 1 fully saturated rings. The van der Waals surface area contributed by atoms with Crippen molar-refractivity contribution in [2.75, 3.05) is 19.0 Å². The van der Waals surface area contributed by atoms with E-state index in [4.69, 9.17) is 16.3 Å². The Bertz CT molecular complexity index is 1150. The van der Waals surface area contributed by atoms with Crippen LogP contribution in [0.25, 0.3) is 16.9 Å². The van der Waals surface area contributed by atoms with E-state index < -0.39 is 0 Å². The Kier molecular flexibility index (Phi) is 6.70. The number of benzene rings is 2. The Hall–Kier alpha value is -3.32. The number of ether oxygens (including phenoxy) is 1. The average Bonchev–Trinajstić information content (AvgIpc) is 3.58. The van der Waals surface area contributed by atoms with Gasteiger partial charge in [-0.2, -0.15) is 0 Å². The van der Waals surface area contributed by atoms with Crippen molar-refractivity contribution < 1.29 is 14.3 Å². The summed E-state index contributed by atoms with van der Waals surface area (Å²) in [6, 6.07) is 14.8. The molecule has 0 bridgehead atoms. The number of nitrogens with zero attached hydrogens (tertiary/aromatic N) is 3. The number of amides is 2. The molecule has 1 aromatic heterocycles. The van der Waals surface area contributed by atoms with Crippen LogP contribution in [0.3, 0.4) is 0 Å². The number of carbonyl (C=O) groups is 2. The van der Waals surface area contributed by atoms with E-state index in [0.717, 1.165) is 24.1 Å². The molecule has 0 unspecified atom stereocenters. The fraction of sp³-hybridized carbons (Fsp3) is 0.320. The van der Waals surface area contributed by atoms with Gasteiger partial charge in [-0.15, -0.1) is 0 Å². The van der Waals surface area contributed by atoms with Crippen molar-refractivity contribution in [1.29, 1.82) is 0 Å². The molecule has 8 heteroatoms. The summed E-state index contributed by atoms with van der Waals surface area (Å²) in [7, 11) is 1.60. The highest BCUT2D eigenvalue weighted by atomic mass is 35.5. The quantitative estimate of drug-likeness (QED) is 0.518. The van der Waals surface area contributed by atoms with Crippen molar-refractivity contribution in [3.05, 3.63) is 59.8 Å².